The van der Waals surface area contributed by atoms with Crippen molar-refractivity contribution >= 4 is 40.2 Å². The first-order valence-corrected chi connectivity index (χ1v) is 12.6. The Bertz CT molecular complexity index is 1370. The fraction of sp³-hybridized carbons (Fsp3) is 0.222. The molecule has 4 aromatic rings. The van der Waals surface area contributed by atoms with Crippen LogP contribution in [0.5, 0.6) is 0 Å². The molecular formula is C27H26ClN3O2S. The number of fused-ring (bicyclic) bond motifs is 1. The van der Waals surface area contributed by atoms with Crippen LogP contribution in [0.15, 0.2) is 82.7 Å². The lowest BCUT2D eigenvalue weighted by Crippen LogP contribution is -2.28. The van der Waals surface area contributed by atoms with Crippen molar-refractivity contribution in [3.05, 3.63) is 99.3 Å². The van der Waals surface area contributed by atoms with Gasteiger partial charge in [-0.3, -0.25) is 14.2 Å². The van der Waals surface area contributed by atoms with E-state index in [2.05, 4.69) is 19.2 Å². The zero-order chi connectivity index (χ0) is 24.1. The van der Waals surface area contributed by atoms with Crippen molar-refractivity contribution in [1.29, 1.82) is 0 Å². The molecular weight excluding hydrogens is 466 g/mol. The van der Waals surface area contributed by atoms with Crippen LogP contribution in [0.25, 0.3) is 16.6 Å². The Balaban J connectivity index is 1.57. The van der Waals surface area contributed by atoms with E-state index in [1.807, 2.05) is 66.7 Å². The van der Waals surface area contributed by atoms with Crippen LogP contribution in [0, 0.1) is 0 Å². The van der Waals surface area contributed by atoms with Crippen molar-refractivity contribution in [2.75, 3.05) is 12.3 Å². The molecule has 4 rings (SSSR count). The number of nitrogens with one attached hydrogen (secondary N) is 1. The van der Waals surface area contributed by atoms with Gasteiger partial charge in [-0.2, -0.15) is 0 Å². The van der Waals surface area contributed by atoms with Crippen molar-refractivity contribution in [2.45, 2.75) is 31.3 Å². The van der Waals surface area contributed by atoms with Gasteiger partial charge in [0.15, 0.2) is 5.16 Å². The number of halogens is 1. The maximum absolute atomic E-state index is 13.5. The molecule has 5 nitrogen and oxygen atoms in total. The molecule has 174 valence electrons. The number of hydrogen-bond donors (Lipinski definition) is 1. The quantitative estimate of drug-likeness (QED) is 0.257. The lowest BCUT2D eigenvalue weighted by atomic mass is 10.0. The molecule has 0 saturated carbocycles. The summed E-state index contributed by atoms with van der Waals surface area (Å²) in [6.07, 6.45) is 0.717. The van der Waals surface area contributed by atoms with Gasteiger partial charge in [-0.25, -0.2) is 4.98 Å². The summed E-state index contributed by atoms with van der Waals surface area (Å²) in [4.78, 5) is 30.8. The average Bonchev–Trinajstić information content (AvgIpc) is 2.84. The second-order valence-electron chi connectivity index (χ2n) is 8.28. The van der Waals surface area contributed by atoms with Gasteiger partial charge >= 0.3 is 0 Å². The average molecular weight is 492 g/mol. The van der Waals surface area contributed by atoms with Crippen molar-refractivity contribution in [1.82, 2.24) is 14.9 Å². The lowest BCUT2D eigenvalue weighted by molar-refractivity contribution is -0.118. The minimum absolute atomic E-state index is 0.106. The summed E-state index contributed by atoms with van der Waals surface area (Å²) >= 11 is 7.19. The van der Waals surface area contributed by atoms with Gasteiger partial charge < -0.3 is 5.32 Å². The first-order valence-electron chi connectivity index (χ1n) is 11.2. The van der Waals surface area contributed by atoms with E-state index in [0.29, 0.717) is 34.0 Å². The third-order valence-corrected chi connectivity index (χ3v) is 6.72. The molecule has 1 amide bonds. The number of rotatable bonds is 8. The lowest BCUT2D eigenvalue weighted by Gasteiger charge is -2.18. The predicted octanol–water partition coefficient (Wildman–Crippen LogP) is 5.61. The van der Waals surface area contributed by atoms with Crippen molar-refractivity contribution in [3.63, 3.8) is 0 Å². The standard InChI is InChI=1S/C27H26ClN3O2S/c1-18(2)21-7-4-6-10-24(21)31-26(33)22-8-3-5-9-23(22)30-27(31)34-17-25(32)29-16-15-19-11-13-20(28)14-12-19/h3-14,18H,15-17H2,1-2H3,(H,29,32). The predicted molar refractivity (Wildman–Crippen MR) is 140 cm³/mol. The van der Waals surface area contributed by atoms with Crippen LogP contribution >= 0.6 is 23.4 Å². The number of aromatic nitrogens is 2. The van der Waals surface area contributed by atoms with E-state index in [4.69, 9.17) is 16.6 Å². The molecule has 0 atom stereocenters. The summed E-state index contributed by atoms with van der Waals surface area (Å²) < 4.78 is 1.64. The Morgan fingerprint density at radius 2 is 1.74 bits per heavy atom. The zero-order valence-electron chi connectivity index (χ0n) is 19.1. The molecule has 1 N–H and O–H groups in total. The highest BCUT2D eigenvalue weighted by atomic mass is 35.5. The van der Waals surface area contributed by atoms with Gasteiger partial charge in [0, 0.05) is 11.6 Å². The third-order valence-electron chi connectivity index (χ3n) is 5.53. The number of hydrogen-bond acceptors (Lipinski definition) is 4. The van der Waals surface area contributed by atoms with Gasteiger partial charge in [0.1, 0.15) is 0 Å². The molecule has 0 saturated heterocycles. The highest BCUT2D eigenvalue weighted by Gasteiger charge is 2.17. The summed E-state index contributed by atoms with van der Waals surface area (Å²) in [6, 6.07) is 22.7. The first-order chi connectivity index (χ1) is 16.4. The number of para-hydroxylation sites is 2. The van der Waals surface area contributed by atoms with Crippen molar-refractivity contribution in [2.24, 2.45) is 0 Å². The second-order valence-corrected chi connectivity index (χ2v) is 9.66. The minimum atomic E-state index is -0.135. The molecule has 0 aliphatic rings. The number of nitrogens with zero attached hydrogens (tertiary/aromatic N) is 2. The molecule has 3 aromatic carbocycles. The molecule has 0 fully saturated rings. The van der Waals surface area contributed by atoms with E-state index in [-0.39, 0.29) is 23.1 Å². The highest BCUT2D eigenvalue weighted by molar-refractivity contribution is 7.99. The van der Waals surface area contributed by atoms with Crippen LogP contribution in [-0.2, 0) is 11.2 Å². The van der Waals surface area contributed by atoms with E-state index in [0.717, 1.165) is 16.8 Å². The molecule has 0 unspecified atom stereocenters. The van der Waals surface area contributed by atoms with Crippen LogP contribution in [0.1, 0.15) is 30.9 Å². The normalized spacial score (nSPS) is 11.2. The van der Waals surface area contributed by atoms with E-state index in [9.17, 15) is 9.59 Å². The van der Waals surface area contributed by atoms with Gasteiger partial charge in [0.2, 0.25) is 5.91 Å². The SMILES string of the molecule is CC(C)c1ccccc1-n1c(SCC(=O)NCCc2ccc(Cl)cc2)nc2ccccc2c1=O. The molecule has 1 aromatic heterocycles. The molecule has 0 radical (unpaired) electrons. The molecule has 0 bridgehead atoms. The van der Waals surface area contributed by atoms with Crippen LogP contribution in [0.3, 0.4) is 0 Å². The Morgan fingerprint density at radius 3 is 2.50 bits per heavy atom. The van der Waals surface area contributed by atoms with Crippen molar-refractivity contribution < 1.29 is 4.79 Å². The second kappa shape index (κ2) is 10.9. The molecule has 1 heterocycles. The number of thioether (sulfide) groups is 1. The minimum Gasteiger partial charge on any atom is -0.355 e. The maximum atomic E-state index is 13.5. The number of carbonyl (C=O) groups excluding carboxylic acids is 1. The Kier molecular flexibility index (Phi) is 7.70. The van der Waals surface area contributed by atoms with Gasteiger partial charge in [0.25, 0.3) is 5.56 Å². The fourth-order valence-corrected chi connectivity index (χ4v) is 4.74. The molecule has 0 aliphatic carbocycles. The summed E-state index contributed by atoms with van der Waals surface area (Å²) in [5.41, 5.74) is 3.44. The smallest absolute Gasteiger partial charge is 0.266 e. The van der Waals surface area contributed by atoms with Crippen molar-refractivity contribution in [3.8, 4) is 5.69 Å². The topological polar surface area (TPSA) is 64.0 Å². The number of carbonyl (C=O) groups is 1. The number of amides is 1. The summed E-state index contributed by atoms with van der Waals surface area (Å²) in [6.45, 7) is 4.72. The Labute approximate surface area is 208 Å². The van der Waals surface area contributed by atoms with E-state index in [1.165, 1.54) is 11.8 Å². The maximum Gasteiger partial charge on any atom is 0.266 e. The molecule has 34 heavy (non-hydrogen) atoms. The summed E-state index contributed by atoms with van der Waals surface area (Å²) in [5, 5.41) is 4.70. The largest absolute Gasteiger partial charge is 0.355 e. The molecule has 0 aliphatic heterocycles. The zero-order valence-corrected chi connectivity index (χ0v) is 20.7. The summed E-state index contributed by atoms with van der Waals surface area (Å²) in [7, 11) is 0. The molecule has 0 spiro atoms. The molecule has 7 heteroatoms. The van der Waals surface area contributed by atoms with Crippen LogP contribution in [-0.4, -0.2) is 27.8 Å². The van der Waals surface area contributed by atoms with Crippen LogP contribution in [0.2, 0.25) is 5.02 Å². The van der Waals surface area contributed by atoms with E-state index < -0.39 is 0 Å². The van der Waals surface area contributed by atoms with E-state index >= 15 is 0 Å². The first kappa shape index (κ1) is 24.0. The monoisotopic (exact) mass is 491 g/mol. The van der Waals surface area contributed by atoms with Gasteiger partial charge in [-0.1, -0.05) is 79.7 Å². The van der Waals surface area contributed by atoms with Gasteiger partial charge in [0.05, 0.1) is 22.3 Å². The van der Waals surface area contributed by atoms with Gasteiger partial charge in [-0.15, -0.1) is 0 Å². The van der Waals surface area contributed by atoms with Crippen LogP contribution < -0.4 is 10.9 Å². The number of benzene rings is 3. The highest BCUT2D eigenvalue weighted by Crippen LogP contribution is 2.27. The summed E-state index contributed by atoms with van der Waals surface area (Å²) in [5.74, 6) is 0.281. The van der Waals surface area contributed by atoms with Gasteiger partial charge in [-0.05, 0) is 53.8 Å². The van der Waals surface area contributed by atoms with E-state index in [1.54, 1.807) is 10.6 Å². The third kappa shape index (κ3) is 5.51. The Morgan fingerprint density at radius 1 is 1.03 bits per heavy atom. The fourth-order valence-electron chi connectivity index (χ4n) is 3.78. The van der Waals surface area contributed by atoms with Crippen LogP contribution in [0.4, 0.5) is 0 Å². The Hall–Kier alpha value is -3.09.